The molecule has 5 nitrogen and oxygen atoms in total. The van der Waals surface area contributed by atoms with Crippen LogP contribution >= 0.6 is 0 Å². The molecule has 1 N–H and O–H groups in total. The molecule has 8 heteroatoms. The van der Waals surface area contributed by atoms with E-state index in [0.717, 1.165) is 18.2 Å². The number of benzene rings is 2. The summed E-state index contributed by atoms with van der Waals surface area (Å²) < 4.78 is 53.7. The van der Waals surface area contributed by atoms with E-state index in [1.807, 2.05) is 0 Å². The smallest absolute Gasteiger partial charge is 0.251 e. The Morgan fingerprint density at radius 2 is 1.78 bits per heavy atom. The summed E-state index contributed by atoms with van der Waals surface area (Å²) in [4.78, 5) is 12.5. The van der Waals surface area contributed by atoms with Gasteiger partial charge in [0.25, 0.3) is 5.91 Å². The van der Waals surface area contributed by atoms with Crippen LogP contribution < -0.4 is 5.32 Å². The van der Waals surface area contributed by atoms with E-state index in [0.29, 0.717) is 13.1 Å². The molecule has 0 aromatic heterocycles. The predicted molar refractivity (Wildman–Crippen MR) is 98.8 cm³/mol. The number of nitrogens with one attached hydrogen (secondary N) is 1. The Bertz CT molecular complexity index is 928. The topological polar surface area (TPSA) is 66.5 Å². The van der Waals surface area contributed by atoms with Crippen LogP contribution in [0, 0.1) is 11.6 Å². The molecule has 2 aromatic rings. The quantitative estimate of drug-likeness (QED) is 0.779. The van der Waals surface area contributed by atoms with Crippen LogP contribution in [0.3, 0.4) is 0 Å². The van der Waals surface area contributed by atoms with Crippen molar-refractivity contribution in [2.75, 3.05) is 13.1 Å². The third kappa shape index (κ3) is 4.70. The molecular weight excluding hydrogens is 374 g/mol. The van der Waals surface area contributed by atoms with Gasteiger partial charge in [0.05, 0.1) is 10.9 Å². The summed E-state index contributed by atoms with van der Waals surface area (Å²) >= 11 is 0. The second kappa shape index (κ2) is 8.58. The fraction of sp³-hybridized carbons (Fsp3) is 0.316. The maximum atomic E-state index is 13.9. The summed E-state index contributed by atoms with van der Waals surface area (Å²) in [5.41, 5.74) is 0.127. The molecular formula is C19H22F2N2O3S. The largest absolute Gasteiger partial charge is 0.345 e. The van der Waals surface area contributed by atoms with Crippen LogP contribution in [0.15, 0.2) is 47.4 Å². The first-order valence-electron chi connectivity index (χ1n) is 8.56. The van der Waals surface area contributed by atoms with Crippen LogP contribution in [0.4, 0.5) is 8.78 Å². The zero-order chi connectivity index (χ0) is 20.2. The Hall–Kier alpha value is -2.32. The van der Waals surface area contributed by atoms with Crippen LogP contribution in [0.2, 0.25) is 0 Å². The fourth-order valence-corrected chi connectivity index (χ4v) is 4.22. The van der Waals surface area contributed by atoms with E-state index in [2.05, 4.69) is 5.32 Å². The minimum Gasteiger partial charge on any atom is -0.345 e. The molecule has 1 unspecified atom stereocenters. The van der Waals surface area contributed by atoms with Crippen molar-refractivity contribution in [3.63, 3.8) is 0 Å². The molecule has 2 rings (SSSR count). The van der Waals surface area contributed by atoms with Crippen LogP contribution in [0.25, 0.3) is 0 Å². The minimum absolute atomic E-state index is 0.00318. The maximum absolute atomic E-state index is 13.9. The Kier molecular flexibility index (Phi) is 6.67. The van der Waals surface area contributed by atoms with Gasteiger partial charge in [-0.1, -0.05) is 19.9 Å². The number of carbonyl (C=O) groups excluding carboxylic acids is 1. The van der Waals surface area contributed by atoms with E-state index in [1.165, 1.54) is 35.5 Å². The van der Waals surface area contributed by atoms with Gasteiger partial charge in [-0.05, 0) is 43.3 Å². The lowest BCUT2D eigenvalue weighted by Crippen LogP contribution is -2.31. The standard InChI is InChI=1S/C19H22F2N2O3S/c1-4-23(5-2)27(25,26)16-8-6-7-14(11-16)19(24)22-13(3)17-12-15(20)9-10-18(17)21/h6-13H,4-5H2,1-3H3,(H,22,24). The lowest BCUT2D eigenvalue weighted by atomic mass is 10.1. The van der Waals surface area contributed by atoms with Crippen molar-refractivity contribution >= 4 is 15.9 Å². The summed E-state index contributed by atoms with van der Waals surface area (Å²) in [7, 11) is -3.71. The molecule has 0 radical (unpaired) electrons. The number of halogens is 2. The number of rotatable bonds is 7. The van der Waals surface area contributed by atoms with Gasteiger partial charge in [-0.3, -0.25) is 4.79 Å². The molecule has 27 heavy (non-hydrogen) atoms. The maximum Gasteiger partial charge on any atom is 0.251 e. The first-order chi connectivity index (χ1) is 12.7. The highest BCUT2D eigenvalue weighted by atomic mass is 32.2. The highest BCUT2D eigenvalue weighted by Gasteiger charge is 2.23. The molecule has 0 aliphatic rings. The van der Waals surface area contributed by atoms with Crippen LogP contribution in [0.5, 0.6) is 0 Å². The SMILES string of the molecule is CCN(CC)S(=O)(=O)c1cccc(C(=O)NC(C)c2cc(F)ccc2F)c1. The minimum atomic E-state index is -3.71. The Balaban J connectivity index is 2.26. The Labute approximate surface area is 158 Å². The number of sulfonamides is 1. The lowest BCUT2D eigenvalue weighted by molar-refractivity contribution is 0.0939. The van der Waals surface area contributed by atoms with E-state index in [-0.39, 0.29) is 16.0 Å². The molecule has 0 fully saturated rings. The fourth-order valence-electron chi connectivity index (χ4n) is 2.71. The van der Waals surface area contributed by atoms with Gasteiger partial charge in [0.1, 0.15) is 11.6 Å². The molecule has 0 aliphatic carbocycles. The summed E-state index contributed by atoms with van der Waals surface area (Å²) in [6.07, 6.45) is 0. The van der Waals surface area contributed by atoms with Crippen LogP contribution in [0.1, 0.15) is 42.7 Å². The van der Waals surface area contributed by atoms with Gasteiger partial charge in [0.15, 0.2) is 0 Å². The molecule has 0 saturated carbocycles. The third-order valence-corrected chi connectivity index (χ3v) is 6.26. The normalized spacial score (nSPS) is 12.8. The molecule has 0 bridgehead atoms. The highest BCUT2D eigenvalue weighted by molar-refractivity contribution is 7.89. The van der Waals surface area contributed by atoms with Crippen molar-refractivity contribution in [1.82, 2.24) is 9.62 Å². The zero-order valence-corrected chi connectivity index (χ0v) is 16.2. The van der Waals surface area contributed by atoms with Crippen molar-refractivity contribution in [1.29, 1.82) is 0 Å². The summed E-state index contributed by atoms with van der Waals surface area (Å²) in [5, 5.41) is 2.56. The van der Waals surface area contributed by atoms with E-state index in [1.54, 1.807) is 13.8 Å². The monoisotopic (exact) mass is 396 g/mol. The van der Waals surface area contributed by atoms with Gasteiger partial charge < -0.3 is 5.32 Å². The van der Waals surface area contributed by atoms with Gasteiger partial charge in [0, 0.05) is 24.2 Å². The number of nitrogens with zero attached hydrogens (tertiary/aromatic N) is 1. The van der Waals surface area contributed by atoms with Gasteiger partial charge in [-0.15, -0.1) is 0 Å². The second-order valence-corrected chi connectivity index (χ2v) is 7.92. The van der Waals surface area contributed by atoms with Gasteiger partial charge >= 0.3 is 0 Å². The molecule has 1 amide bonds. The zero-order valence-electron chi connectivity index (χ0n) is 15.4. The van der Waals surface area contributed by atoms with Gasteiger partial charge in [0.2, 0.25) is 10.0 Å². The van der Waals surface area contributed by atoms with Crippen LogP contribution in [-0.4, -0.2) is 31.7 Å². The van der Waals surface area contributed by atoms with Crippen molar-refractivity contribution in [2.24, 2.45) is 0 Å². The van der Waals surface area contributed by atoms with E-state index < -0.39 is 33.6 Å². The average Bonchev–Trinajstić information content (AvgIpc) is 2.64. The lowest BCUT2D eigenvalue weighted by Gasteiger charge is -2.19. The predicted octanol–water partition coefficient (Wildman–Crippen LogP) is 3.49. The Morgan fingerprint density at radius 3 is 2.41 bits per heavy atom. The number of amides is 1. The van der Waals surface area contributed by atoms with Crippen molar-refractivity contribution < 1.29 is 22.0 Å². The van der Waals surface area contributed by atoms with Crippen molar-refractivity contribution in [3.05, 3.63) is 65.2 Å². The second-order valence-electron chi connectivity index (χ2n) is 5.98. The number of hydrogen-bond donors (Lipinski definition) is 1. The molecule has 1 atom stereocenters. The van der Waals surface area contributed by atoms with Gasteiger partial charge in [-0.2, -0.15) is 4.31 Å². The molecule has 0 heterocycles. The first kappa shape index (κ1) is 21.0. The summed E-state index contributed by atoms with van der Waals surface area (Å²) in [6.45, 7) is 5.60. The molecule has 0 saturated heterocycles. The molecule has 0 spiro atoms. The molecule has 0 aliphatic heterocycles. The van der Waals surface area contributed by atoms with Crippen LogP contribution in [-0.2, 0) is 10.0 Å². The van der Waals surface area contributed by atoms with Crippen molar-refractivity contribution in [3.8, 4) is 0 Å². The molecule has 2 aromatic carbocycles. The average molecular weight is 396 g/mol. The summed E-state index contributed by atoms with van der Waals surface area (Å²) in [6, 6.07) is 7.83. The third-order valence-electron chi connectivity index (χ3n) is 4.21. The first-order valence-corrected chi connectivity index (χ1v) is 10.0. The van der Waals surface area contributed by atoms with Crippen molar-refractivity contribution in [2.45, 2.75) is 31.7 Å². The Morgan fingerprint density at radius 1 is 1.11 bits per heavy atom. The van der Waals surface area contributed by atoms with Gasteiger partial charge in [-0.25, -0.2) is 17.2 Å². The highest BCUT2D eigenvalue weighted by Crippen LogP contribution is 2.20. The number of carbonyl (C=O) groups is 1. The molecule has 146 valence electrons. The number of hydrogen-bond acceptors (Lipinski definition) is 3. The summed E-state index contributed by atoms with van der Waals surface area (Å²) in [5.74, 6) is -1.83. The van der Waals surface area contributed by atoms with E-state index in [9.17, 15) is 22.0 Å². The van der Waals surface area contributed by atoms with E-state index >= 15 is 0 Å². The van der Waals surface area contributed by atoms with E-state index in [4.69, 9.17) is 0 Å².